The van der Waals surface area contributed by atoms with Gasteiger partial charge in [-0.3, -0.25) is 0 Å². The lowest BCUT2D eigenvalue weighted by molar-refractivity contribution is 0.494. The van der Waals surface area contributed by atoms with Crippen LogP contribution in [0.2, 0.25) is 0 Å². The average molecular weight is 247 g/mol. The van der Waals surface area contributed by atoms with Crippen LogP contribution in [0.4, 0.5) is 0 Å². The molecule has 102 valence electrons. The van der Waals surface area contributed by atoms with Crippen LogP contribution >= 0.6 is 0 Å². The van der Waals surface area contributed by atoms with Crippen molar-refractivity contribution in [3.05, 3.63) is 35.4 Å². The minimum absolute atomic E-state index is 0.530. The molecule has 1 N–H and O–H groups in total. The summed E-state index contributed by atoms with van der Waals surface area (Å²) in [6.45, 7) is 10.1. The highest BCUT2D eigenvalue weighted by Crippen LogP contribution is 2.21. The second-order valence-corrected chi connectivity index (χ2v) is 5.60. The first kappa shape index (κ1) is 15.2. The molecule has 0 aliphatic rings. The van der Waals surface area contributed by atoms with E-state index in [1.807, 2.05) is 0 Å². The molecule has 0 amide bonds. The van der Waals surface area contributed by atoms with Crippen molar-refractivity contribution in [3.63, 3.8) is 0 Å². The van der Waals surface area contributed by atoms with E-state index in [4.69, 9.17) is 0 Å². The van der Waals surface area contributed by atoms with Gasteiger partial charge in [-0.25, -0.2) is 0 Å². The van der Waals surface area contributed by atoms with E-state index < -0.39 is 0 Å². The minimum atomic E-state index is 0.530. The van der Waals surface area contributed by atoms with Gasteiger partial charge in [0.15, 0.2) is 0 Å². The van der Waals surface area contributed by atoms with Gasteiger partial charge in [0.2, 0.25) is 0 Å². The Bertz CT molecular complexity index is 330. The summed E-state index contributed by atoms with van der Waals surface area (Å²) >= 11 is 0. The third kappa shape index (κ3) is 5.22. The van der Waals surface area contributed by atoms with Crippen molar-refractivity contribution < 1.29 is 0 Å². The molecular weight excluding hydrogens is 218 g/mol. The number of rotatable bonds is 8. The molecule has 0 bridgehead atoms. The minimum Gasteiger partial charge on any atom is -0.310 e. The highest BCUT2D eigenvalue weighted by atomic mass is 14.9. The van der Waals surface area contributed by atoms with E-state index in [-0.39, 0.29) is 0 Å². The van der Waals surface area contributed by atoms with E-state index in [1.165, 1.54) is 36.8 Å². The van der Waals surface area contributed by atoms with Crippen LogP contribution in [0.5, 0.6) is 0 Å². The van der Waals surface area contributed by atoms with Gasteiger partial charge in [-0.1, -0.05) is 64.8 Å². The van der Waals surface area contributed by atoms with Crippen molar-refractivity contribution in [2.24, 2.45) is 5.92 Å². The second-order valence-electron chi connectivity index (χ2n) is 5.60. The Kier molecular flexibility index (Phi) is 7.04. The summed E-state index contributed by atoms with van der Waals surface area (Å²) in [5.41, 5.74) is 2.94. The Morgan fingerprint density at radius 2 is 1.94 bits per heavy atom. The lowest BCUT2D eigenvalue weighted by Crippen LogP contribution is -2.21. The highest BCUT2D eigenvalue weighted by molar-refractivity contribution is 5.26. The third-order valence-corrected chi connectivity index (χ3v) is 3.29. The number of benzene rings is 1. The molecule has 0 spiro atoms. The Morgan fingerprint density at radius 1 is 1.17 bits per heavy atom. The molecule has 1 rings (SSSR count). The Hall–Kier alpha value is -0.820. The summed E-state index contributed by atoms with van der Waals surface area (Å²) in [5, 5.41) is 3.61. The summed E-state index contributed by atoms with van der Waals surface area (Å²) in [6.07, 6.45) is 5.00. The molecule has 0 saturated heterocycles. The third-order valence-electron chi connectivity index (χ3n) is 3.29. The molecule has 1 aromatic carbocycles. The van der Waals surface area contributed by atoms with Crippen molar-refractivity contribution in [3.8, 4) is 0 Å². The van der Waals surface area contributed by atoms with E-state index >= 15 is 0 Å². The van der Waals surface area contributed by atoms with Crippen molar-refractivity contribution in [1.29, 1.82) is 0 Å². The van der Waals surface area contributed by atoms with Gasteiger partial charge in [-0.05, 0) is 36.4 Å². The van der Waals surface area contributed by atoms with Gasteiger partial charge >= 0.3 is 0 Å². The Morgan fingerprint density at radius 3 is 2.56 bits per heavy atom. The number of hydrogen-bond donors (Lipinski definition) is 1. The molecule has 1 unspecified atom stereocenters. The van der Waals surface area contributed by atoms with Crippen LogP contribution in [0.15, 0.2) is 24.3 Å². The molecule has 0 saturated carbocycles. The Balaban J connectivity index is 2.76. The molecule has 18 heavy (non-hydrogen) atoms. The van der Waals surface area contributed by atoms with Crippen molar-refractivity contribution >= 4 is 0 Å². The summed E-state index contributed by atoms with van der Waals surface area (Å²) in [4.78, 5) is 0. The van der Waals surface area contributed by atoms with Crippen LogP contribution < -0.4 is 5.32 Å². The molecule has 0 radical (unpaired) electrons. The Labute approximate surface area is 113 Å². The largest absolute Gasteiger partial charge is 0.310 e. The maximum Gasteiger partial charge on any atom is 0.0320 e. The fourth-order valence-corrected chi connectivity index (χ4v) is 2.45. The van der Waals surface area contributed by atoms with Gasteiger partial charge in [-0.2, -0.15) is 0 Å². The molecule has 0 fully saturated rings. The normalized spacial score (nSPS) is 12.9. The monoisotopic (exact) mass is 247 g/mol. The van der Waals surface area contributed by atoms with Crippen LogP contribution in [-0.2, 0) is 6.42 Å². The average Bonchev–Trinajstić information content (AvgIpc) is 2.34. The summed E-state index contributed by atoms with van der Waals surface area (Å²) in [6, 6.07) is 9.66. The number of nitrogens with one attached hydrogen (secondary N) is 1. The van der Waals surface area contributed by atoms with Gasteiger partial charge in [0.05, 0.1) is 0 Å². The second kappa shape index (κ2) is 8.31. The zero-order valence-corrected chi connectivity index (χ0v) is 12.5. The molecular formula is C17H29N. The van der Waals surface area contributed by atoms with Crippen LogP contribution in [0, 0.1) is 5.92 Å². The van der Waals surface area contributed by atoms with E-state index in [9.17, 15) is 0 Å². The van der Waals surface area contributed by atoms with E-state index in [1.54, 1.807) is 0 Å². The van der Waals surface area contributed by atoms with E-state index in [0.29, 0.717) is 6.04 Å². The molecule has 1 nitrogen and oxygen atoms in total. The predicted molar refractivity (Wildman–Crippen MR) is 80.9 cm³/mol. The molecule has 1 heteroatoms. The first-order valence-corrected chi connectivity index (χ1v) is 7.49. The van der Waals surface area contributed by atoms with E-state index in [2.05, 4.69) is 57.3 Å². The van der Waals surface area contributed by atoms with Crippen LogP contribution in [0.3, 0.4) is 0 Å². The van der Waals surface area contributed by atoms with Crippen molar-refractivity contribution in [1.82, 2.24) is 5.32 Å². The van der Waals surface area contributed by atoms with Gasteiger partial charge in [0, 0.05) is 6.04 Å². The van der Waals surface area contributed by atoms with Crippen LogP contribution in [0.1, 0.15) is 64.1 Å². The van der Waals surface area contributed by atoms with Crippen molar-refractivity contribution in [2.75, 3.05) is 6.54 Å². The lowest BCUT2D eigenvalue weighted by atomic mass is 9.96. The molecule has 0 heterocycles. The fourth-order valence-electron chi connectivity index (χ4n) is 2.45. The van der Waals surface area contributed by atoms with Crippen LogP contribution in [-0.4, -0.2) is 6.54 Å². The van der Waals surface area contributed by atoms with Gasteiger partial charge in [0.1, 0.15) is 0 Å². The predicted octanol–water partition coefficient (Wildman–Crippen LogP) is 4.73. The smallest absolute Gasteiger partial charge is 0.0320 e. The van der Waals surface area contributed by atoms with Gasteiger partial charge in [-0.15, -0.1) is 0 Å². The maximum atomic E-state index is 3.61. The summed E-state index contributed by atoms with van der Waals surface area (Å²) in [5.74, 6) is 0.730. The lowest BCUT2D eigenvalue weighted by Gasteiger charge is -2.19. The molecule has 1 aromatic rings. The van der Waals surface area contributed by atoms with Gasteiger partial charge < -0.3 is 5.32 Å². The maximum absolute atomic E-state index is 3.61. The first-order chi connectivity index (χ1) is 8.67. The van der Waals surface area contributed by atoms with Crippen LogP contribution in [0.25, 0.3) is 0 Å². The van der Waals surface area contributed by atoms with E-state index in [0.717, 1.165) is 12.5 Å². The van der Waals surface area contributed by atoms with Crippen molar-refractivity contribution in [2.45, 2.75) is 59.4 Å². The first-order valence-electron chi connectivity index (χ1n) is 7.49. The fraction of sp³-hybridized carbons (Fsp3) is 0.647. The molecule has 1 atom stereocenters. The zero-order chi connectivity index (χ0) is 13.4. The summed E-state index contributed by atoms with van der Waals surface area (Å²) < 4.78 is 0. The zero-order valence-electron chi connectivity index (χ0n) is 12.5. The van der Waals surface area contributed by atoms with Gasteiger partial charge in [0.25, 0.3) is 0 Å². The number of hydrogen-bond acceptors (Lipinski definition) is 1. The quantitative estimate of drug-likeness (QED) is 0.700. The SMILES string of the molecule is CCCCC(NCC)c1cccc(CC(C)C)c1. The number of unbranched alkanes of at least 4 members (excludes halogenated alkanes) is 1. The topological polar surface area (TPSA) is 12.0 Å². The molecule has 0 aliphatic carbocycles. The molecule has 0 aromatic heterocycles. The standard InChI is InChI=1S/C17H29N/c1-5-7-11-17(18-6-2)16-10-8-9-15(13-16)12-14(3)4/h8-10,13-14,17-18H,5-7,11-12H2,1-4H3. The summed E-state index contributed by atoms with van der Waals surface area (Å²) in [7, 11) is 0. The highest BCUT2D eigenvalue weighted by Gasteiger charge is 2.10. The molecule has 0 aliphatic heterocycles.